The van der Waals surface area contributed by atoms with Crippen LogP contribution >= 0.6 is 0 Å². The lowest BCUT2D eigenvalue weighted by Crippen LogP contribution is -2.57. The van der Waals surface area contributed by atoms with Gasteiger partial charge in [-0.05, 0) is 32.2 Å². The van der Waals surface area contributed by atoms with E-state index in [0.29, 0.717) is 18.7 Å². The first kappa shape index (κ1) is 11.8. The second-order valence-electron chi connectivity index (χ2n) is 5.55. The van der Waals surface area contributed by atoms with Crippen molar-refractivity contribution in [3.05, 3.63) is 0 Å². The lowest BCUT2D eigenvalue weighted by Gasteiger charge is -2.36. The van der Waals surface area contributed by atoms with Gasteiger partial charge in [0.2, 0.25) is 5.91 Å². The topological polar surface area (TPSA) is 70.6 Å². The number of hydrogen-bond acceptors (Lipinski definition) is 3. The summed E-state index contributed by atoms with van der Waals surface area (Å²) < 4.78 is 0. The maximum Gasteiger partial charge on any atom is 0.263 e. The average molecular weight is 249 g/mol. The zero-order valence-electron chi connectivity index (χ0n) is 10.5. The molecule has 2 heterocycles. The van der Waals surface area contributed by atoms with Crippen LogP contribution in [0.4, 0.5) is 0 Å². The van der Waals surface area contributed by atoms with Gasteiger partial charge in [-0.3, -0.25) is 9.59 Å². The van der Waals surface area contributed by atoms with Crippen LogP contribution in [0.3, 0.4) is 0 Å². The Balaban J connectivity index is 1.85. The molecule has 0 aromatic rings. The molecular formula is C13H19N3O2. The minimum absolute atomic E-state index is 0.0545. The number of nitrogens with zero attached hydrogens (tertiary/aromatic N) is 1. The highest BCUT2D eigenvalue weighted by molar-refractivity contribution is 6.19. The van der Waals surface area contributed by atoms with Crippen LogP contribution < -0.4 is 10.6 Å². The normalized spacial score (nSPS) is 31.3. The number of carbonyl (C=O) groups is 2. The minimum Gasteiger partial charge on any atom is -0.312 e. The van der Waals surface area contributed by atoms with Crippen molar-refractivity contribution in [2.45, 2.75) is 51.0 Å². The van der Waals surface area contributed by atoms with Gasteiger partial charge in [0, 0.05) is 0 Å². The molecule has 3 aliphatic rings. The molecule has 1 saturated heterocycles. The second kappa shape index (κ2) is 4.46. The lowest BCUT2D eigenvalue weighted by atomic mass is 9.72. The van der Waals surface area contributed by atoms with Gasteiger partial charge >= 0.3 is 0 Å². The molecule has 5 heteroatoms. The van der Waals surface area contributed by atoms with E-state index in [2.05, 4.69) is 15.6 Å². The van der Waals surface area contributed by atoms with E-state index in [1.54, 1.807) is 0 Å². The van der Waals surface area contributed by atoms with Gasteiger partial charge in [0.05, 0.1) is 6.04 Å². The maximum atomic E-state index is 12.3. The van der Waals surface area contributed by atoms with Crippen LogP contribution in [0.5, 0.6) is 0 Å². The molecule has 18 heavy (non-hydrogen) atoms. The van der Waals surface area contributed by atoms with Gasteiger partial charge < -0.3 is 10.6 Å². The van der Waals surface area contributed by atoms with Crippen LogP contribution in [-0.4, -0.2) is 30.2 Å². The van der Waals surface area contributed by atoms with Gasteiger partial charge in [-0.1, -0.05) is 19.3 Å². The molecule has 1 spiro atoms. The van der Waals surface area contributed by atoms with Gasteiger partial charge in [0.15, 0.2) is 0 Å². The fourth-order valence-corrected chi connectivity index (χ4v) is 3.26. The summed E-state index contributed by atoms with van der Waals surface area (Å²) in [5.74, 6) is 0.208. The largest absolute Gasteiger partial charge is 0.312 e. The summed E-state index contributed by atoms with van der Waals surface area (Å²) in [7, 11) is 0. The smallest absolute Gasteiger partial charge is 0.263 e. The second-order valence-corrected chi connectivity index (χ2v) is 5.55. The predicted molar refractivity (Wildman–Crippen MR) is 67.1 cm³/mol. The zero-order chi connectivity index (χ0) is 12.6. The van der Waals surface area contributed by atoms with E-state index >= 15 is 0 Å². The van der Waals surface area contributed by atoms with Crippen LogP contribution in [0.15, 0.2) is 4.99 Å². The fraction of sp³-hybridized carbons (Fsp3) is 0.769. The van der Waals surface area contributed by atoms with Crippen molar-refractivity contribution in [1.82, 2.24) is 10.6 Å². The first-order valence-corrected chi connectivity index (χ1v) is 6.90. The van der Waals surface area contributed by atoms with Crippen molar-refractivity contribution in [1.29, 1.82) is 0 Å². The molecule has 0 radical (unpaired) electrons. The molecule has 98 valence electrons. The van der Waals surface area contributed by atoms with Gasteiger partial charge in [0.25, 0.3) is 5.91 Å². The van der Waals surface area contributed by atoms with Gasteiger partial charge in [0.1, 0.15) is 11.3 Å². The molecule has 2 aliphatic heterocycles. The molecule has 1 unspecified atom stereocenters. The van der Waals surface area contributed by atoms with Crippen molar-refractivity contribution in [2.24, 2.45) is 10.4 Å². The van der Waals surface area contributed by atoms with E-state index in [9.17, 15) is 9.59 Å². The third-order valence-corrected chi connectivity index (χ3v) is 4.41. The van der Waals surface area contributed by atoms with Crippen molar-refractivity contribution in [3.63, 3.8) is 0 Å². The number of aliphatic imine (C=N–C) groups is 1. The summed E-state index contributed by atoms with van der Waals surface area (Å²) >= 11 is 0. The van der Waals surface area contributed by atoms with E-state index in [0.717, 1.165) is 38.6 Å². The number of amides is 2. The molecule has 0 bridgehead atoms. The Kier molecular flexibility index (Phi) is 2.93. The van der Waals surface area contributed by atoms with Crippen molar-refractivity contribution >= 4 is 17.6 Å². The number of carbonyl (C=O) groups excluding carboxylic acids is 2. The Morgan fingerprint density at radius 3 is 2.50 bits per heavy atom. The molecular weight excluding hydrogens is 230 g/mol. The molecule has 1 saturated carbocycles. The molecule has 5 nitrogen and oxygen atoms in total. The summed E-state index contributed by atoms with van der Waals surface area (Å²) in [6.45, 7) is 0.929. The van der Waals surface area contributed by atoms with Crippen LogP contribution in [-0.2, 0) is 9.59 Å². The van der Waals surface area contributed by atoms with E-state index in [4.69, 9.17) is 0 Å². The van der Waals surface area contributed by atoms with Crippen LogP contribution in [0.2, 0.25) is 0 Å². The summed E-state index contributed by atoms with van der Waals surface area (Å²) in [5.41, 5.74) is -0.847. The molecule has 3 rings (SSSR count). The van der Waals surface area contributed by atoms with Gasteiger partial charge in [-0.2, -0.15) is 4.99 Å². The quantitative estimate of drug-likeness (QED) is 0.673. The SMILES string of the molecule is O=C1N=C(C2CCCN2)NC(=O)C12CCCCC2. The van der Waals surface area contributed by atoms with Gasteiger partial charge in [-0.15, -0.1) is 0 Å². The first-order chi connectivity index (χ1) is 8.72. The number of hydrogen-bond donors (Lipinski definition) is 2. The molecule has 1 atom stereocenters. The van der Waals surface area contributed by atoms with E-state index in [1.807, 2.05) is 0 Å². The Bertz CT molecular complexity index is 404. The highest BCUT2D eigenvalue weighted by Gasteiger charge is 2.49. The van der Waals surface area contributed by atoms with Crippen molar-refractivity contribution < 1.29 is 9.59 Å². The third kappa shape index (κ3) is 1.77. The first-order valence-electron chi connectivity index (χ1n) is 6.90. The molecule has 2 N–H and O–H groups in total. The summed E-state index contributed by atoms with van der Waals surface area (Å²) in [4.78, 5) is 28.8. The monoisotopic (exact) mass is 249 g/mol. The Hall–Kier alpha value is -1.23. The number of rotatable bonds is 1. The van der Waals surface area contributed by atoms with Crippen LogP contribution in [0.1, 0.15) is 44.9 Å². The molecule has 0 aromatic carbocycles. The fourth-order valence-electron chi connectivity index (χ4n) is 3.26. The zero-order valence-corrected chi connectivity index (χ0v) is 10.5. The van der Waals surface area contributed by atoms with Gasteiger partial charge in [-0.25, -0.2) is 0 Å². The van der Waals surface area contributed by atoms with Crippen LogP contribution in [0.25, 0.3) is 0 Å². The Morgan fingerprint density at radius 2 is 1.89 bits per heavy atom. The number of amidine groups is 1. The third-order valence-electron chi connectivity index (χ3n) is 4.41. The van der Waals surface area contributed by atoms with Crippen molar-refractivity contribution in [2.75, 3.05) is 6.54 Å². The van der Waals surface area contributed by atoms with E-state index in [-0.39, 0.29) is 17.9 Å². The molecule has 0 aromatic heterocycles. The van der Waals surface area contributed by atoms with Crippen LogP contribution in [0, 0.1) is 5.41 Å². The standard InChI is InChI=1S/C13H19N3O2/c17-11-13(6-2-1-3-7-13)12(18)16-10(15-11)9-5-4-8-14-9/h9,14H,1-8H2,(H,15,16,17,18). The molecule has 2 fully saturated rings. The highest BCUT2D eigenvalue weighted by atomic mass is 16.2. The molecule has 2 amide bonds. The summed E-state index contributed by atoms with van der Waals surface area (Å²) in [5, 5.41) is 6.14. The molecule has 1 aliphatic carbocycles. The van der Waals surface area contributed by atoms with Crippen molar-refractivity contribution in [3.8, 4) is 0 Å². The van der Waals surface area contributed by atoms with E-state index < -0.39 is 5.41 Å². The summed E-state index contributed by atoms with van der Waals surface area (Å²) in [6.07, 6.45) is 6.35. The van der Waals surface area contributed by atoms with E-state index in [1.165, 1.54) is 0 Å². The predicted octanol–water partition coefficient (Wildman–Crippen LogP) is 0.744. The average Bonchev–Trinajstić information content (AvgIpc) is 2.91. The summed E-state index contributed by atoms with van der Waals surface area (Å²) in [6, 6.07) is 0.0545. The number of nitrogens with one attached hydrogen (secondary N) is 2. The maximum absolute atomic E-state index is 12.3. The Labute approximate surface area is 106 Å². The highest BCUT2D eigenvalue weighted by Crippen LogP contribution is 2.39. The lowest BCUT2D eigenvalue weighted by molar-refractivity contribution is -0.144. The minimum atomic E-state index is -0.847. The Morgan fingerprint density at radius 1 is 1.11 bits per heavy atom.